The van der Waals surface area contributed by atoms with Crippen molar-refractivity contribution in [2.45, 2.75) is 12.6 Å². The van der Waals surface area contributed by atoms with Crippen molar-refractivity contribution in [1.29, 1.82) is 0 Å². The Balaban J connectivity index is 1.62. The lowest BCUT2D eigenvalue weighted by Crippen LogP contribution is -2.29. The van der Waals surface area contributed by atoms with Crippen molar-refractivity contribution in [3.63, 3.8) is 0 Å². The molecule has 0 radical (unpaired) electrons. The molecule has 1 aromatic carbocycles. The summed E-state index contributed by atoms with van der Waals surface area (Å²) >= 11 is 1.30. The number of hydrogen-bond donors (Lipinski definition) is 0. The number of benzene rings is 1. The predicted molar refractivity (Wildman–Crippen MR) is 103 cm³/mol. The van der Waals surface area contributed by atoms with Crippen molar-refractivity contribution in [3.8, 4) is 10.6 Å². The van der Waals surface area contributed by atoms with E-state index < -0.39 is 17.8 Å². The number of hydrogen-bond acceptors (Lipinski definition) is 4. The fourth-order valence-corrected chi connectivity index (χ4v) is 4.21. The van der Waals surface area contributed by atoms with Crippen LogP contribution < -0.4 is 4.90 Å². The van der Waals surface area contributed by atoms with Gasteiger partial charge in [0.2, 0.25) is 0 Å². The van der Waals surface area contributed by atoms with Crippen LogP contribution in [0.25, 0.3) is 16.2 Å². The third-order valence-electron chi connectivity index (χ3n) is 4.84. The van der Waals surface area contributed by atoms with Crippen LogP contribution >= 0.6 is 11.3 Å². The summed E-state index contributed by atoms with van der Waals surface area (Å²) in [6.45, 7) is 0.464. The number of fused-ring (bicyclic) bond motifs is 2. The molecule has 0 bridgehead atoms. The van der Waals surface area contributed by atoms with Crippen LogP contribution in [0.1, 0.15) is 21.7 Å². The molecule has 0 unspecified atom stereocenters. The van der Waals surface area contributed by atoms with E-state index in [1.807, 2.05) is 24.3 Å². The molecule has 4 aromatic rings. The van der Waals surface area contributed by atoms with Crippen LogP contribution in [0, 0.1) is 0 Å². The molecule has 0 atom stereocenters. The number of amides is 1. The number of aromatic nitrogens is 3. The fourth-order valence-electron chi connectivity index (χ4n) is 3.52. The Morgan fingerprint density at radius 3 is 2.69 bits per heavy atom. The van der Waals surface area contributed by atoms with E-state index in [0.29, 0.717) is 22.4 Å². The molecule has 5 nitrogen and oxygen atoms in total. The van der Waals surface area contributed by atoms with Crippen molar-refractivity contribution in [1.82, 2.24) is 14.6 Å². The highest BCUT2D eigenvalue weighted by molar-refractivity contribution is 7.13. The lowest BCUT2D eigenvalue weighted by Gasteiger charge is -2.15. The van der Waals surface area contributed by atoms with Gasteiger partial charge in [0.25, 0.3) is 5.91 Å². The van der Waals surface area contributed by atoms with Crippen LogP contribution in [-0.2, 0) is 12.6 Å². The maximum atomic E-state index is 13.7. The van der Waals surface area contributed by atoms with Crippen molar-refractivity contribution >= 4 is 28.6 Å². The average molecular weight is 414 g/mol. The van der Waals surface area contributed by atoms with Gasteiger partial charge in [0.05, 0.1) is 10.6 Å². The van der Waals surface area contributed by atoms with Gasteiger partial charge in [-0.25, -0.2) is 9.50 Å². The number of alkyl halides is 3. The number of thiophene rings is 1. The molecule has 4 heterocycles. The van der Waals surface area contributed by atoms with Crippen molar-refractivity contribution in [2.75, 3.05) is 11.4 Å². The third kappa shape index (κ3) is 2.98. The second kappa shape index (κ2) is 6.41. The van der Waals surface area contributed by atoms with Gasteiger partial charge in [-0.1, -0.05) is 24.3 Å². The summed E-state index contributed by atoms with van der Waals surface area (Å²) in [5, 5.41) is 5.73. The van der Waals surface area contributed by atoms with Gasteiger partial charge >= 0.3 is 6.18 Å². The van der Waals surface area contributed by atoms with Crippen LogP contribution in [0.5, 0.6) is 0 Å². The van der Waals surface area contributed by atoms with E-state index >= 15 is 0 Å². The van der Waals surface area contributed by atoms with Gasteiger partial charge in [0.15, 0.2) is 17.0 Å². The molecule has 1 aliphatic rings. The number of para-hydroxylation sites is 1. The molecule has 0 spiro atoms. The summed E-state index contributed by atoms with van der Waals surface area (Å²) in [5.41, 5.74) is 0.940. The molecule has 3 aromatic heterocycles. The summed E-state index contributed by atoms with van der Waals surface area (Å²) in [5.74, 6) is -0.439. The average Bonchev–Trinajstić information content (AvgIpc) is 3.44. The van der Waals surface area contributed by atoms with Crippen LogP contribution in [0.15, 0.2) is 53.9 Å². The summed E-state index contributed by atoms with van der Waals surface area (Å²) in [6, 6.07) is 13.2. The Labute approximate surface area is 167 Å². The van der Waals surface area contributed by atoms with Crippen molar-refractivity contribution in [2.24, 2.45) is 0 Å². The lowest BCUT2D eigenvalue weighted by atomic mass is 10.2. The zero-order chi connectivity index (χ0) is 20.2. The Bertz CT molecular complexity index is 1230. The zero-order valence-corrected chi connectivity index (χ0v) is 15.7. The minimum Gasteiger partial charge on any atom is -0.306 e. The SMILES string of the molecule is O=C(c1cc2nc(-c3cccs3)cc(C(F)(F)F)n2n1)N1CCc2ccccc21. The monoisotopic (exact) mass is 414 g/mol. The maximum Gasteiger partial charge on any atom is 0.433 e. The zero-order valence-electron chi connectivity index (χ0n) is 14.8. The van der Waals surface area contributed by atoms with E-state index in [0.717, 1.165) is 17.3 Å². The molecule has 0 fully saturated rings. The number of carbonyl (C=O) groups is 1. The topological polar surface area (TPSA) is 50.5 Å². The molecule has 1 aliphatic heterocycles. The molecule has 0 saturated heterocycles. The van der Waals surface area contributed by atoms with Crippen molar-refractivity contribution < 1.29 is 18.0 Å². The molecular formula is C20H13F3N4OS. The predicted octanol–water partition coefficient (Wildman–Crippen LogP) is 4.68. The molecule has 146 valence electrons. The first-order valence-electron chi connectivity index (χ1n) is 8.83. The van der Waals surface area contributed by atoms with Crippen LogP contribution in [0.2, 0.25) is 0 Å². The Morgan fingerprint density at radius 1 is 1.10 bits per heavy atom. The Hall–Kier alpha value is -3.20. The van der Waals surface area contributed by atoms with Crippen LogP contribution in [0.4, 0.5) is 18.9 Å². The first-order valence-corrected chi connectivity index (χ1v) is 9.71. The quantitative estimate of drug-likeness (QED) is 0.479. The van der Waals surface area contributed by atoms with Gasteiger partial charge < -0.3 is 4.90 Å². The molecular weight excluding hydrogens is 401 g/mol. The third-order valence-corrected chi connectivity index (χ3v) is 5.74. The summed E-state index contributed by atoms with van der Waals surface area (Å²) in [7, 11) is 0. The normalized spacial score (nSPS) is 13.8. The highest BCUT2D eigenvalue weighted by atomic mass is 32.1. The molecule has 5 rings (SSSR count). The van der Waals surface area contributed by atoms with E-state index in [1.165, 1.54) is 17.4 Å². The van der Waals surface area contributed by atoms with Crippen molar-refractivity contribution in [3.05, 3.63) is 70.9 Å². The molecule has 9 heteroatoms. The van der Waals surface area contributed by atoms with Gasteiger partial charge in [-0.05, 0) is 35.6 Å². The lowest BCUT2D eigenvalue weighted by molar-refractivity contribution is -0.142. The molecule has 0 aliphatic carbocycles. The van der Waals surface area contributed by atoms with Crippen LogP contribution in [0.3, 0.4) is 0 Å². The number of anilines is 1. The van der Waals surface area contributed by atoms with Gasteiger partial charge in [-0.3, -0.25) is 4.79 Å². The highest BCUT2D eigenvalue weighted by Gasteiger charge is 2.36. The standard InChI is InChI=1S/C20H13F3N4OS/c21-20(22,23)17-10-13(16-6-3-9-29-16)24-18-11-14(25-27(17)18)19(28)26-8-7-12-4-1-2-5-15(12)26/h1-6,9-11H,7-8H2. The number of halogens is 3. The fraction of sp³-hybridized carbons (Fsp3) is 0.150. The number of rotatable bonds is 2. The summed E-state index contributed by atoms with van der Waals surface area (Å²) in [6.07, 6.45) is -3.94. The Morgan fingerprint density at radius 2 is 1.93 bits per heavy atom. The van der Waals surface area contributed by atoms with E-state index in [1.54, 1.807) is 22.4 Å². The minimum absolute atomic E-state index is 0.0148. The summed E-state index contributed by atoms with van der Waals surface area (Å²) in [4.78, 5) is 19.5. The van der Waals surface area contributed by atoms with Gasteiger partial charge in [-0.15, -0.1) is 11.3 Å². The van der Waals surface area contributed by atoms with Crippen LogP contribution in [-0.4, -0.2) is 27.0 Å². The van der Waals surface area contributed by atoms with Gasteiger partial charge in [0.1, 0.15) is 0 Å². The molecule has 0 saturated carbocycles. The van der Waals surface area contributed by atoms with E-state index in [-0.39, 0.29) is 17.0 Å². The van der Waals surface area contributed by atoms with E-state index in [9.17, 15) is 18.0 Å². The second-order valence-corrected chi connectivity index (χ2v) is 7.58. The molecule has 0 N–H and O–H groups in total. The number of carbonyl (C=O) groups excluding carboxylic acids is 1. The highest BCUT2D eigenvalue weighted by Crippen LogP contribution is 2.34. The minimum atomic E-state index is -4.64. The first kappa shape index (κ1) is 17.9. The maximum absolute atomic E-state index is 13.7. The molecule has 29 heavy (non-hydrogen) atoms. The summed E-state index contributed by atoms with van der Waals surface area (Å²) < 4.78 is 41.7. The Kier molecular flexibility index (Phi) is 3.95. The largest absolute Gasteiger partial charge is 0.433 e. The van der Waals surface area contributed by atoms with Gasteiger partial charge in [-0.2, -0.15) is 18.3 Å². The first-order chi connectivity index (χ1) is 13.9. The van der Waals surface area contributed by atoms with Gasteiger partial charge in [0, 0.05) is 18.3 Å². The van der Waals surface area contributed by atoms with E-state index in [2.05, 4.69) is 10.1 Å². The number of nitrogens with zero attached hydrogens (tertiary/aromatic N) is 4. The molecule has 1 amide bonds. The second-order valence-electron chi connectivity index (χ2n) is 6.64. The smallest absolute Gasteiger partial charge is 0.306 e. The van der Waals surface area contributed by atoms with E-state index in [4.69, 9.17) is 0 Å².